The molecule has 17 heavy (non-hydrogen) atoms. The molecule has 0 bridgehead atoms. The Labute approximate surface area is 104 Å². The predicted molar refractivity (Wildman–Crippen MR) is 71.8 cm³/mol. The lowest BCUT2D eigenvalue weighted by molar-refractivity contribution is -0.149. The molecule has 2 heteroatoms. The molecule has 1 rings (SSSR count). The van der Waals surface area contributed by atoms with Crippen molar-refractivity contribution in [3.63, 3.8) is 0 Å². The third-order valence-electron chi connectivity index (χ3n) is 3.16. The summed E-state index contributed by atoms with van der Waals surface area (Å²) in [7, 11) is 3.30. The van der Waals surface area contributed by atoms with Crippen LogP contribution in [0.25, 0.3) is 5.57 Å². The first kappa shape index (κ1) is 13.9. The van der Waals surface area contributed by atoms with Gasteiger partial charge in [0.15, 0.2) is 6.29 Å². The summed E-state index contributed by atoms with van der Waals surface area (Å²) in [6, 6.07) is 8.32. The number of methoxy groups -OCH3 is 2. The van der Waals surface area contributed by atoms with Gasteiger partial charge in [0.1, 0.15) is 0 Å². The minimum absolute atomic E-state index is 0.267. The van der Waals surface area contributed by atoms with E-state index in [9.17, 15) is 0 Å². The Bertz CT molecular complexity index is 390. The first-order valence-corrected chi connectivity index (χ1v) is 5.75. The van der Waals surface area contributed by atoms with Gasteiger partial charge in [0, 0.05) is 19.6 Å². The summed E-state index contributed by atoms with van der Waals surface area (Å²) in [5.74, 6) is 0. The molecule has 0 N–H and O–H groups in total. The Morgan fingerprint density at radius 3 is 2.29 bits per heavy atom. The van der Waals surface area contributed by atoms with Crippen LogP contribution in [0.3, 0.4) is 0 Å². The molecule has 0 heterocycles. The molecule has 1 aromatic rings. The lowest BCUT2D eigenvalue weighted by Crippen LogP contribution is -2.33. The van der Waals surface area contributed by atoms with Crippen molar-refractivity contribution in [3.05, 3.63) is 42.0 Å². The van der Waals surface area contributed by atoms with Crippen LogP contribution in [0.15, 0.2) is 30.8 Å². The van der Waals surface area contributed by atoms with Crippen molar-refractivity contribution in [3.8, 4) is 0 Å². The van der Waals surface area contributed by atoms with E-state index in [-0.39, 0.29) is 11.7 Å². The molecule has 0 spiro atoms. The van der Waals surface area contributed by atoms with Crippen molar-refractivity contribution in [1.29, 1.82) is 0 Å². The molecule has 0 aliphatic carbocycles. The third-order valence-corrected chi connectivity index (χ3v) is 3.16. The second-order valence-electron chi connectivity index (χ2n) is 4.87. The number of ether oxygens (including phenoxy) is 2. The van der Waals surface area contributed by atoms with Gasteiger partial charge in [-0.2, -0.15) is 0 Å². The number of rotatable bonds is 5. The highest BCUT2D eigenvalue weighted by molar-refractivity contribution is 5.68. The summed E-state index contributed by atoms with van der Waals surface area (Å²) in [6.45, 7) is 10.4. The van der Waals surface area contributed by atoms with Crippen molar-refractivity contribution in [2.75, 3.05) is 14.2 Å². The molecule has 0 aromatic heterocycles. The molecule has 0 aliphatic heterocycles. The van der Waals surface area contributed by atoms with Gasteiger partial charge in [-0.05, 0) is 18.1 Å². The van der Waals surface area contributed by atoms with Gasteiger partial charge in [-0.3, -0.25) is 0 Å². The summed E-state index contributed by atoms with van der Waals surface area (Å²) < 4.78 is 10.7. The molecule has 0 unspecified atom stereocenters. The van der Waals surface area contributed by atoms with E-state index in [0.717, 1.165) is 11.1 Å². The molecule has 0 amide bonds. The average molecular weight is 234 g/mol. The Hall–Kier alpha value is -1.12. The van der Waals surface area contributed by atoms with Crippen LogP contribution in [0.4, 0.5) is 0 Å². The molecule has 0 atom stereocenters. The summed E-state index contributed by atoms with van der Waals surface area (Å²) in [6.07, 6.45) is -0.296. The molecule has 2 nitrogen and oxygen atoms in total. The zero-order valence-electron chi connectivity index (χ0n) is 11.4. The number of aryl methyl sites for hydroxylation is 1. The molecule has 0 fully saturated rings. The van der Waals surface area contributed by atoms with Crippen molar-refractivity contribution in [2.24, 2.45) is 5.41 Å². The lowest BCUT2D eigenvalue weighted by atomic mass is 9.80. The third kappa shape index (κ3) is 2.96. The van der Waals surface area contributed by atoms with Crippen LogP contribution in [0, 0.1) is 12.3 Å². The lowest BCUT2D eigenvalue weighted by Gasteiger charge is -2.34. The fourth-order valence-corrected chi connectivity index (χ4v) is 2.03. The molecule has 0 aliphatic rings. The Balaban J connectivity index is 3.03. The highest BCUT2D eigenvalue weighted by atomic mass is 16.7. The first-order chi connectivity index (χ1) is 7.93. The van der Waals surface area contributed by atoms with E-state index in [2.05, 4.69) is 45.5 Å². The molecular formula is C15H22O2. The van der Waals surface area contributed by atoms with Crippen LogP contribution in [-0.4, -0.2) is 20.5 Å². The highest BCUT2D eigenvalue weighted by Crippen LogP contribution is 2.37. The number of hydrogen-bond acceptors (Lipinski definition) is 2. The minimum Gasteiger partial charge on any atom is -0.355 e. The summed E-state index contributed by atoms with van der Waals surface area (Å²) in [5.41, 5.74) is 3.12. The van der Waals surface area contributed by atoms with Crippen LogP contribution >= 0.6 is 0 Å². The Morgan fingerprint density at radius 2 is 1.82 bits per heavy atom. The van der Waals surface area contributed by atoms with E-state index >= 15 is 0 Å². The molecule has 0 radical (unpaired) electrons. The van der Waals surface area contributed by atoms with E-state index in [4.69, 9.17) is 9.47 Å². The second kappa shape index (κ2) is 5.48. The maximum Gasteiger partial charge on any atom is 0.165 e. The van der Waals surface area contributed by atoms with Gasteiger partial charge in [0.05, 0.1) is 0 Å². The van der Waals surface area contributed by atoms with Crippen LogP contribution < -0.4 is 0 Å². The maximum absolute atomic E-state index is 5.35. The number of benzene rings is 1. The van der Waals surface area contributed by atoms with E-state index in [1.54, 1.807) is 14.2 Å². The standard InChI is InChI=1S/C15H22O2/c1-11-8-7-9-13(10-11)12(2)15(3,4)14(16-5)17-6/h7-10,14H,2H2,1,3-6H3. The van der Waals surface area contributed by atoms with Gasteiger partial charge in [-0.1, -0.05) is 50.3 Å². The van der Waals surface area contributed by atoms with Gasteiger partial charge in [-0.15, -0.1) is 0 Å². The maximum atomic E-state index is 5.35. The summed E-state index contributed by atoms with van der Waals surface area (Å²) >= 11 is 0. The summed E-state index contributed by atoms with van der Waals surface area (Å²) in [4.78, 5) is 0. The van der Waals surface area contributed by atoms with E-state index < -0.39 is 0 Å². The van der Waals surface area contributed by atoms with Crippen LogP contribution in [-0.2, 0) is 9.47 Å². The zero-order valence-corrected chi connectivity index (χ0v) is 11.4. The van der Waals surface area contributed by atoms with Gasteiger partial charge < -0.3 is 9.47 Å². The molecule has 0 saturated heterocycles. The zero-order chi connectivity index (χ0) is 13.1. The molecule has 0 saturated carbocycles. The van der Waals surface area contributed by atoms with Gasteiger partial charge in [0.2, 0.25) is 0 Å². The van der Waals surface area contributed by atoms with Crippen molar-refractivity contribution < 1.29 is 9.47 Å². The minimum atomic E-state index is -0.296. The number of hydrogen-bond donors (Lipinski definition) is 0. The molecular weight excluding hydrogens is 212 g/mol. The summed E-state index contributed by atoms with van der Waals surface area (Å²) in [5, 5.41) is 0. The van der Waals surface area contributed by atoms with Crippen LogP contribution in [0.5, 0.6) is 0 Å². The predicted octanol–water partition coefficient (Wildman–Crippen LogP) is 3.65. The Morgan fingerprint density at radius 1 is 1.24 bits per heavy atom. The topological polar surface area (TPSA) is 18.5 Å². The molecule has 94 valence electrons. The second-order valence-corrected chi connectivity index (χ2v) is 4.87. The van der Waals surface area contributed by atoms with Gasteiger partial charge in [-0.25, -0.2) is 0 Å². The van der Waals surface area contributed by atoms with Crippen LogP contribution in [0.1, 0.15) is 25.0 Å². The van der Waals surface area contributed by atoms with Crippen molar-refractivity contribution in [2.45, 2.75) is 27.1 Å². The average Bonchev–Trinajstić information content (AvgIpc) is 2.29. The fraction of sp³-hybridized carbons (Fsp3) is 0.467. The SMILES string of the molecule is C=C(c1cccc(C)c1)C(C)(C)C(OC)OC. The molecule has 1 aromatic carbocycles. The van der Waals surface area contributed by atoms with E-state index in [0.29, 0.717) is 0 Å². The highest BCUT2D eigenvalue weighted by Gasteiger charge is 2.33. The monoisotopic (exact) mass is 234 g/mol. The largest absolute Gasteiger partial charge is 0.355 e. The van der Waals surface area contributed by atoms with Gasteiger partial charge in [0.25, 0.3) is 0 Å². The fourth-order valence-electron chi connectivity index (χ4n) is 2.03. The smallest absolute Gasteiger partial charge is 0.165 e. The first-order valence-electron chi connectivity index (χ1n) is 5.75. The van der Waals surface area contributed by atoms with E-state index in [1.807, 2.05) is 6.07 Å². The normalized spacial score (nSPS) is 11.9. The Kier molecular flexibility index (Phi) is 4.49. The van der Waals surface area contributed by atoms with Crippen LogP contribution in [0.2, 0.25) is 0 Å². The van der Waals surface area contributed by atoms with Gasteiger partial charge >= 0.3 is 0 Å². The van der Waals surface area contributed by atoms with E-state index in [1.165, 1.54) is 5.56 Å². The van der Waals surface area contributed by atoms with Crippen molar-refractivity contribution >= 4 is 5.57 Å². The quantitative estimate of drug-likeness (QED) is 0.724. The van der Waals surface area contributed by atoms with Crippen molar-refractivity contribution in [1.82, 2.24) is 0 Å².